The Kier molecular flexibility index (Phi) is 4.58. The van der Waals surface area contributed by atoms with Gasteiger partial charge in [-0.3, -0.25) is 4.90 Å². The summed E-state index contributed by atoms with van der Waals surface area (Å²) in [7, 11) is 0. The Labute approximate surface area is 187 Å². The van der Waals surface area contributed by atoms with Crippen LogP contribution in [0.1, 0.15) is 31.4 Å². The molecule has 1 atom stereocenters. The molecule has 162 valence electrons. The van der Waals surface area contributed by atoms with E-state index in [1.54, 1.807) is 6.33 Å². The largest absolute Gasteiger partial charge is 0.370 e. The molecule has 0 bridgehead atoms. The molecule has 8 nitrogen and oxygen atoms in total. The maximum Gasteiger partial charge on any atom is 0.158 e. The van der Waals surface area contributed by atoms with Crippen molar-refractivity contribution in [2.24, 2.45) is 5.41 Å². The summed E-state index contributed by atoms with van der Waals surface area (Å²) in [5, 5.41) is 11.9. The van der Waals surface area contributed by atoms with Crippen LogP contribution in [0, 0.1) is 16.7 Å². The van der Waals surface area contributed by atoms with Gasteiger partial charge in [0.25, 0.3) is 0 Å². The first-order valence-electron chi connectivity index (χ1n) is 11.3. The van der Waals surface area contributed by atoms with E-state index >= 15 is 0 Å². The molecule has 2 aromatic heterocycles. The second-order valence-electron chi connectivity index (χ2n) is 9.35. The van der Waals surface area contributed by atoms with Crippen LogP contribution in [-0.4, -0.2) is 56.6 Å². The molecule has 8 heteroatoms. The normalized spacial score (nSPS) is 21.7. The van der Waals surface area contributed by atoms with Gasteiger partial charge in [-0.25, -0.2) is 15.0 Å². The van der Waals surface area contributed by atoms with Gasteiger partial charge >= 0.3 is 0 Å². The highest BCUT2D eigenvalue weighted by atomic mass is 15.3. The molecule has 32 heavy (non-hydrogen) atoms. The van der Waals surface area contributed by atoms with Crippen LogP contribution in [0.2, 0.25) is 0 Å². The third kappa shape index (κ3) is 3.49. The molecule has 6 rings (SSSR count). The number of aromatic nitrogens is 4. The monoisotopic (exact) mass is 426 g/mol. The number of imidazole rings is 1. The van der Waals surface area contributed by atoms with Crippen molar-refractivity contribution in [3.63, 3.8) is 0 Å². The van der Waals surface area contributed by atoms with E-state index in [9.17, 15) is 0 Å². The van der Waals surface area contributed by atoms with Crippen molar-refractivity contribution in [3.8, 4) is 11.8 Å². The van der Waals surface area contributed by atoms with Crippen molar-refractivity contribution < 1.29 is 0 Å². The van der Waals surface area contributed by atoms with E-state index in [1.165, 1.54) is 56.9 Å². The molecule has 0 radical (unpaired) electrons. The van der Waals surface area contributed by atoms with E-state index in [4.69, 9.17) is 5.26 Å². The molecule has 2 aliphatic heterocycles. The minimum absolute atomic E-state index is 0.289. The Balaban J connectivity index is 1.07. The molecule has 1 saturated carbocycles. The molecule has 1 spiro atoms. The van der Waals surface area contributed by atoms with Gasteiger partial charge in [0.05, 0.1) is 18.6 Å². The fourth-order valence-corrected chi connectivity index (χ4v) is 5.29. The third-order valence-corrected chi connectivity index (χ3v) is 7.29. The summed E-state index contributed by atoms with van der Waals surface area (Å²) in [4.78, 5) is 17.8. The number of rotatable bonds is 5. The fourth-order valence-electron chi connectivity index (χ4n) is 5.29. The van der Waals surface area contributed by atoms with E-state index < -0.39 is 0 Å². The minimum Gasteiger partial charge on any atom is -0.370 e. The number of likely N-dealkylation sites (tertiary alicyclic amines) is 1. The Hall–Kier alpha value is -3.44. The van der Waals surface area contributed by atoms with Gasteiger partial charge in [-0.05, 0) is 48.9 Å². The summed E-state index contributed by atoms with van der Waals surface area (Å²) in [5.74, 6) is 1.23. The van der Waals surface area contributed by atoms with Crippen LogP contribution in [0.5, 0.6) is 0 Å². The lowest BCUT2D eigenvalue weighted by Gasteiger charge is -2.58. The Morgan fingerprint density at radius 1 is 1.00 bits per heavy atom. The van der Waals surface area contributed by atoms with Crippen molar-refractivity contribution in [1.82, 2.24) is 24.4 Å². The van der Waals surface area contributed by atoms with E-state index in [2.05, 4.69) is 54.3 Å². The van der Waals surface area contributed by atoms with Crippen LogP contribution in [-0.2, 0) is 0 Å². The molecule has 2 saturated heterocycles. The number of hydrogen-bond donors (Lipinski definition) is 1. The zero-order chi connectivity index (χ0) is 21.5. The van der Waals surface area contributed by atoms with E-state index in [-0.39, 0.29) is 5.69 Å². The molecule has 0 amide bonds. The molecule has 1 unspecified atom stereocenters. The zero-order valence-electron chi connectivity index (χ0n) is 18.0. The second kappa shape index (κ2) is 7.61. The Morgan fingerprint density at radius 2 is 1.81 bits per heavy atom. The van der Waals surface area contributed by atoms with E-state index in [0.717, 1.165) is 18.8 Å². The molecule has 3 fully saturated rings. The standard InChI is InChI=1S/C24H26N8/c25-10-18-11-27-22(12-26-18)29-23-14-31(17-28-23)20-4-2-19(3-5-20)30-9-6-21(13-30)32-15-24(16-32)7-1-8-24/h2-5,11-12,14,17,21H,1,6-9,13,15-16H2,(H,27,29). The zero-order valence-corrected chi connectivity index (χ0v) is 18.0. The van der Waals surface area contributed by atoms with Gasteiger partial charge in [-0.2, -0.15) is 5.26 Å². The fraction of sp³-hybridized carbons (Fsp3) is 0.417. The van der Waals surface area contributed by atoms with Crippen molar-refractivity contribution >= 4 is 17.3 Å². The molecule has 3 aromatic rings. The molecule has 4 heterocycles. The highest BCUT2D eigenvalue weighted by Crippen LogP contribution is 2.49. The lowest BCUT2D eigenvalue weighted by Crippen LogP contribution is -2.63. The minimum atomic E-state index is 0.289. The van der Waals surface area contributed by atoms with Gasteiger partial charge < -0.3 is 14.8 Å². The van der Waals surface area contributed by atoms with Crippen molar-refractivity contribution in [1.29, 1.82) is 5.26 Å². The van der Waals surface area contributed by atoms with Gasteiger partial charge in [0.2, 0.25) is 0 Å². The lowest BCUT2D eigenvalue weighted by atomic mass is 9.63. The van der Waals surface area contributed by atoms with Crippen molar-refractivity contribution in [2.45, 2.75) is 31.7 Å². The SMILES string of the molecule is N#Cc1cnc(Nc2cn(-c3ccc(N4CCC(N5CC6(CCC6)C5)C4)cc3)cn2)cn1. The average molecular weight is 427 g/mol. The number of hydrogen-bond acceptors (Lipinski definition) is 7. The van der Waals surface area contributed by atoms with Crippen molar-refractivity contribution in [2.75, 3.05) is 36.4 Å². The smallest absolute Gasteiger partial charge is 0.158 e. The summed E-state index contributed by atoms with van der Waals surface area (Å²) < 4.78 is 1.98. The van der Waals surface area contributed by atoms with Gasteiger partial charge in [0.1, 0.15) is 24.0 Å². The second-order valence-corrected chi connectivity index (χ2v) is 9.35. The number of nitrogens with zero attached hydrogens (tertiary/aromatic N) is 7. The lowest BCUT2D eigenvalue weighted by molar-refractivity contribution is -0.0786. The summed E-state index contributed by atoms with van der Waals surface area (Å²) >= 11 is 0. The van der Waals surface area contributed by atoms with Crippen molar-refractivity contribution in [3.05, 3.63) is 54.9 Å². The number of benzene rings is 1. The molecule has 3 aliphatic rings. The average Bonchev–Trinajstić information content (AvgIpc) is 3.43. The van der Waals surface area contributed by atoms with Crippen LogP contribution in [0.4, 0.5) is 17.3 Å². The summed E-state index contributed by atoms with van der Waals surface area (Å²) in [5.41, 5.74) is 3.35. The van der Waals surface area contributed by atoms with Crippen LogP contribution in [0.15, 0.2) is 49.2 Å². The Morgan fingerprint density at radius 3 is 2.50 bits per heavy atom. The van der Waals surface area contributed by atoms with Gasteiger partial charge in [-0.1, -0.05) is 6.42 Å². The first-order chi connectivity index (χ1) is 15.7. The number of nitriles is 1. The molecule has 1 aliphatic carbocycles. The van der Waals surface area contributed by atoms with Gasteiger partial charge in [-0.15, -0.1) is 0 Å². The summed E-state index contributed by atoms with van der Waals surface area (Å²) in [6.45, 7) is 4.93. The van der Waals surface area contributed by atoms with Gasteiger partial charge in [0.15, 0.2) is 5.69 Å². The quantitative estimate of drug-likeness (QED) is 0.670. The van der Waals surface area contributed by atoms with E-state index in [0.29, 0.717) is 23.1 Å². The first-order valence-corrected chi connectivity index (χ1v) is 11.3. The predicted octanol–water partition coefficient (Wildman–Crippen LogP) is 3.34. The first kappa shape index (κ1) is 19.3. The molecule has 1 N–H and O–H groups in total. The highest BCUT2D eigenvalue weighted by molar-refractivity contribution is 5.54. The summed E-state index contributed by atoms with van der Waals surface area (Å²) in [6.07, 6.45) is 12.3. The third-order valence-electron chi connectivity index (χ3n) is 7.29. The van der Waals surface area contributed by atoms with E-state index in [1.807, 2.05) is 16.8 Å². The molecular formula is C24H26N8. The maximum atomic E-state index is 8.82. The molecular weight excluding hydrogens is 400 g/mol. The van der Waals surface area contributed by atoms with Crippen LogP contribution in [0.25, 0.3) is 5.69 Å². The Bertz CT molecular complexity index is 1130. The van der Waals surface area contributed by atoms with Gasteiger partial charge in [0, 0.05) is 43.6 Å². The maximum absolute atomic E-state index is 8.82. The number of anilines is 3. The number of nitrogens with one attached hydrogen (secondary N) is 1. The van der Waals surface area contributed by atoms with Crippen LogP contribution >= 0.6 is 0 Å². The topological polar surface area (TPSA) is 85.9 Å². The van der Waals surface area contributed by atoms with Crippen LogP contribution in [0.3, 0.4) is 0 Å². The molecule has 1 aromatic carbocycles. The van der Waals surface area contributed by atoms with Crippen LogP contribution < -0.4 is 10.2 Å². The summed E-state index contributed by atoms with van der Waals surface area (Å²) in [6, 6.07) is 11.4. The predicted molar refractivity (Wildman–Crippen MR) is 122 cm³/mol. The highest BCUT2D eigenvalue weighted by Gasteiger charge is 2.49.